The first-order chi connectivity index (χ1) is 9.10. The lowest BCUT2D eigenvalue weighted by Crippen LogP contribution is -2.41. The second-order valence-corrected chi connectivity index (χ2v) is 6.47. The van der Waals surface area contributed by atoms with Crippen molar-refractivity contribution in [2.24, 2.45) is 17.6 Å². The third kappa shape index (κ3) is 3.93. The Bertz CT molecular complexity index is 308. The van der Waals surface area contributed by atoms with Gasteiger partial charge in [0.1, 0.15) is 0 Å². The number of fused-ring (bicyclic) bond motifs is 1. The van der Waals surface area contributed by atoms with Crippen LogP contribution in [0.1, 0.15) is 46.0 Å². The van der Waals surface area contributed by atoms with Crippen LogP contribution in [0.3, 0.4) is 0 Å². The van der Waals surface area contributed by atoms with E-state index >= 15 is 0 Å². The Labute approximate surface area is 117 Å². The Balaban J connectivity index is 1.76. The molecule has 4 heteroatoms. The van der Waals surface area contributed by atoms with Crippen LogP contribution in [0.15, 0.2) is 0 Å². The molecule has 0 aromatic heterocycles. The smallest absolute Gasteiger partial charge is 0.234 e. The van der Waals surface area contributed by atoms with E-state index in [9.17, 15) is 4.79 Å². The molecule has 2 aliphatic rings. The second kappa shape index (κ2) is 6.71. The van der Waals surface area contributed by atoms with Gasteiger partial charge in [0.05, 0.1) is 6.54 Å². The summed E-state index contributed by atoms with van der Waals surface area (Å²) in [5.74, 6) is 1.52. The van der Waals surface area contributed by atoms with Crippen molar-refractivity contribution in [1.29, 1.82) is 0 Å². The molecule has 2 fully saturated rings. The minimum Gasteiger partial charge on any atom is -0.353 e. The molecule has 0 spiro atoms. The molecule has 1 aliphatic carbocycles. The van der Waals surface area contributed by atoms with Crippen LogP contribution in [0.4, 0.5) is 0 Å². The highest BCUT2D eigenvalue weighted by Crippen LogP contribution is 2.35. The van der Waals surface area contributed by atoms with E-state index in [1.807, 2.05) is 0 Å². The van der Waals surface area contributed by atoms with Gasteiger partial charge in [-0.15, -0.1) is 0 Å². The summed E-state index contributed by atoms with van der Waals surface area (Å²) in [4.78, 5) is 14.3. The van der Waals surface area contributed by atoms with Crippen LogP contribution in [0, 0.1) is 11.8 Å². The van der Waals surface area contributed by atoms with E-state index in [0.29, 0.717) is 24.5 Å². The maximum Gasteiger partial charge on any atom is 0.234 e. The van der Waals surface area contributed by atoms with Crippen molar-refractivity contribution >= 4 is 5.91 Å². The Morgan fingerprint density at radius 2 is 2.21 bits per heavy atom. The molecule has 4 nitrogen and oxygen atoms in total. The van der Waals surface area contributed by atoms with Gasteiger partial charge >= 0.3 is 0 Å². The maximum atomic E-state index is 12.0. The van der Waals surface area contributed by atoms with E-state index in [-0.39, 0.29) is 5.91 Å². The van der Waals surface area contributed by atoms with E-state index in [0.717, 1.165) is 38.3 Å². The number of nitrogens with two attached hydrogens (primary N) is 1. The Morgan fingerprint density at radius 3 is 2.89 bits per heavy atom. The third-order valence-electron chi connectivity index (χ3n) is 4.73. The number of amides is 1. The number of rotatable bonds is 5. The van der Waals surface area contributed by atoms with Crippen molar-refractivity contribution in [2.45, 2.75) is 58.0 Å². The fourth-order valence-electron chi connectivity index (χ4n) is 3.77. The van der Waals surface area contributed by atoms with Gasteiger partial charge in [-0.3, -0.25) is 9.69 Å². The van der Waals surface area contributed by atoms with Gasteiger partial charge < -0.3 is 11.1 Å². The summed E-state index contributed by atoms with van der Waals surface area (Å²) in [6.45, 7) is 6.86. The Kier molecular flexibility index (Phi) is 5.22. The van der Waals surface area contributed by atoms with Gasteiger partial charge in [0.25, 0.3) is 0 Å². The fraction of sp³-hybridized carbons (Fsp3) is 0.933. The zero-order chi connectivity index (χ0) is 13.8. The van der Waals surface area contributed by atoms with Crippen LogP contribution in [-0.4, -0.2) is 42.5 Å². The molecular formula is C15H29N3O. The highest BCUT2D eigenvalue weighted by atomic mass is 16.2. The molecule has 1 amide bonds. The zero-order valence-corrected chi connectivity index (χ0v) is 12.4. The third-order valence-corrected chi connectivity index (χ3v) is 4.73. The number of carbonyl (C=O) groups excluding carboxylic acids is 1. The largest absolute Gasteiger partial charge is 0.353 e. The van der Waals surface area contributed by atoms with Crippen molar-refractivity contribution in [2.75, 3.05) is 19.6 Å². The fourth-order valence-corrected chi connectivity index (χ4v) is 3.77. The van der Waals surface area contributed by atoms with E-state index in [1.165, 1.54) is 12.8 Å². The average Bonchev–Trinajstić information content (AvgIpc) is 2.72. The van der Waals surface area contributed by atoms with Crippen molar-refractivity contribution in [3.63, 3.8) is 0 Å². The lowest BCUT2D eigenvalue weighted by molar-refractivity contribution is -0.122. The maximum absolute atomic E-state index is 12.0. The molecule has 0 aromatic carbocycles. The lowest BCUT2D eigenvalue weighted by Gasteiger charge is -2.29. The number of likely N-dealkylation sites (tertiary alicyclic amines) is 1. The molecule has 4 unspecified atom stereocenters. The summed E-state index contributed by atoms with van der Waals surface area (Å²) in [7, 11) is 0. The lowest BCUT2D eigenvalue weighted by atomic mass is 9.78. The van der Waals surface area contributed by atoms with E-state index in [2.05, 4.69) is 24.1 Å². The van der Waals surface area contributed by atoms with Gasteiger partial charge in [0.15, 0.2) is 0 Å². The minimum atomic E-state index is 0.174. The molecule has 0 radical (unpaired) electrons. The topological polar surface area (TPSA) is 58.4 Å². The number of carbonyl (C=O) groups is 1. The quantitative estimate of drug-likeness (QED) is 0.790. The predicted molar refractivity (Wildman–Crippen MR) is 77.8 cm³/mol. The average molecular weight is 267 g/mol. The SMILES string of the molecule is CCCC(C)NC(=O)CN1CC2CCCC(N)C2C1. The first-order valence-electron chi connectivity index (χ1n) is 7.87. The Hall–Kier alpha value is -0.610. The van der Waals surface area contributed by atoms with Crippen molar-refractivity contribution in [1.82, 2.24) is 10.2 Å². The molecule has 110 valence electrons. The summed E-state index contributed by atoms with van der Waals surface area (Å²) in [6.07, 6.45) is 5.89. The summed E-state index contributed by atoms with van der Waals surface area (Å²) in [5, 5.41) is 3.09. The van der Waals surface area contributed by atoms with E-state index in [1.54, 1.807) is 0 Å². The summed E-state index contributed by atoms with van der Waals surface area (Å²) >= 11 is 0. The van der Waals surface area contributed by atoms with Gasteiger partial charge in [-0.25, -0.2) is 0 Å². The molecule has 1 aliphatic heterocycles. The van der Waals surface area contributed by atoms with Crippen LogP contribution >= 0.6 is 0 Å². The van der Waals surface area contributed by atoms with Gasteiger partial charge in [0, 0.05) is 25.2 Å². The van der Waals surface area contributed by atoms with Crippen molar-refractivity contribution < 1.29 is 4.79 Å². The molecule has 2 rings (SSSR count). The van der Waals surface area contributed by atoms with Gasteiger partial charge in [0.2, 0.25) is 5.91 Å². The predicted octanol–water partition coefficient (Wildman–Crippen LogP) is 1.35. The monoisotopic (exact) mass is 267 g/mol. The van der Waals surface area contributed by atoms with Gasteiger partial charge in [-0.2, -0.15) is 0 Å². The van der Waals surface area contributed by atoms with Crippen LogP contribution in [0.25, 0.3) is 0 Å². The van der Waals surface area contributed by atoms with E-state index in [4.69, 9.17) is 5.73 Å². The van der Waals surface area contributed by atoms with Gasteiger partial charge in [-0.05, 0) is 38.0 Å². The Morgan fingerprint density at radius 1 is 1.42 bits per heavy atom. The number of nitrogens with zero attached hydrogens (tertiary/aromatic N) is 1. The minimum absolute atomic E-state index is 0.174. The van der Waals surface area contributed by atoms with Crippen molar-refractivity contribution in [3.05, 3.63) is 0 Å². The highest BCUT2D eigenvalue weighted by Gasteiger charge is 2.38. The first kappa shape index (κ1) is 14.8. The molecule has 1 saturated carbocycles. The normalized spacial score (nSPS) is 32.9. The molecule has 1 saturated heterocycles. The van der Waals surface area contributed by atoms with Crippen LogP contribution in [0.2, 0.25) is 0 Å². The number of hydrogen-bond donors (Lipinski definition) is 2. The molecule has 0 aromatic rings. The van der Waals surface area contributed by atoms with Crippen LogP contribution in [-0.2, 0) is 4.79 Å². The van der Waals surface area contributed by atoms with E-state index < -0.39 is 0 Å². The number of nitrogens with one attached hydrogen (secondary N) is 1. The summed E-state index contributed by atoms with van der Waals surface area (Å²) in [6, 6.07) is 0.649. The summed E-state index contributed by atoms with van der Waals surface area (Å²) < 4.78 is 0. The second-order valence-electron chi connectivity index (χ2n) is 6.47. The standard InChI is InChI=1S/C15H29N3O/c1-3-5-11(2)17-15(19)10-18-8-12-6-4-7-14(16)13(12)9-18/h11-14H,3-10,16H2,1-2H3,(H,17,19). The van der Waals surface area contributed by atoms with Gasteiger partial charge in [-0.1, -0.05) is 19.8 Å². The van der Waals surface area contributed by atoms with Crippen LogP contribution in [0.5, 0.6) is 0 Å². The molecule has 19 heavy (non-hydrogen) atoms. The first-order valence-corrected chi connectivity index (χ1v) is 7.87. The molecular weight excluding hydrogens is 238 g/mol. The van der Waals surface area contributed by atoms with Crippen LogP contribution < -0.4 is 11.1 Å². The number of hydrogen-bond acceptors (Lipinski definition) is 3. The molecule has 1 heterocycles. The van der Waals surface area contributed by atoms with Crippen molar-refractivity contribution in [3.8, 4) is 0 Å². The highest BCUT2D eigenvalue weighted by molar-refractivity contribution is 5.78. The zero-order valence-electron chi connectivity index (χ0n) is 12.4. The molecule has 3 N–H and O–H groups in total. The molecule has 4 atom stereocenters. The summed E-state index contributed by atoms with van der Waals surface area (Å²) in [5.41, 5.74) is 6.21. The molecule has 0 bridgehead atoms.